The molecule has 0 bridgehead atoms. The van der Waals surface area contributed by atoms with Gasteiger partial charge in [0.15, 0.2) is 0 Å². The van der Waals surface area contributed by atoms with Gasteiger partial charge in [0.1, 0.15) is 0 Å². The van der Waals surface area contributed by atoms with Gasteiger partial charge in [0.25, 0.3) is 0 Å². The van der Waals surface area contributed by atoms with Crippen molar-refractivity contribution in [1.82, 2.24) is 4.98 Å². The van der Waals surface area contributed by atoms with Crippen LogP contribution in [0.4, 0.5) is 0 Å². The molecule has 5 heteroatoms. The van der Waals surface area contributed by atoms with E-state index in [0.717, 1.165) is 21.8 Å². The Labute approximate surface area is 120 Å². The molecule has 1 N–H and O–H groups in total. The van der Waals surface area contributed by atoms with Crippen molar-refractivity contribution >= 4 is 29.3 Å². The molecule has 0 radical (unpaired) electrons. The summed E-state index contributed by atoms with van der Waals surface area (Å²) in [4.78, 5) is 16.0. The molecule has 0 aliphatic carbocycles. The first-order valence-electron chi connectivity index (χ1n) is 5.62. The van der Waals surface area contributed by atoms with Crippen LogP contribution in [0.3, 0.4) is 0 Å². The number of thioether (sulfide) groups is 1. The summed E-state index contributed by atoms with van der Waals surface area (Å²) >= 11 is 7.39. The summed E-state index contributed by atoms with van der Waals surface area (Å²) in [5.41, 5.74) is 2.35. The number of hydrogen-bond acceptors (Lipinski definition) is 3. The molecule has 2 rings (SSSR count). The van der Waals surface area contributed by atoms with Gasteiger partial charge in [0, 0.05) is 23.0 Å². The summed E-state index contributed by atoms with van der Waals surface area (Å²) in [6.45, 7) is 1.99. The fourth-order valence-electron chi connectivity index (χ4n) is 1.62. The lowest BCUT2D eigenvalue weighted by molar-refractivity contribution is 0.0697. The highest BCUT2D eigenvalue weighted by molar-refractivity contribution is 7.98. The third-order valence-electron chi connectivity index (χ3n) is 2.51. The second-order valence-corrected chi connectivity index (χ2v) is 5.56. The quantitative estimate of drug-likeness (QED) is 0.865. The van der Waals surface area contributed by atoms with Gasteiger partial charge < -0.3 is 5.11 Å². The molecule has 19 heavy (non-hydrogen) atoms. The molecule has 0 amide bonds. The van der Waals surface area contributed by atoms with Gasteiger partial charge in [0.05, 0.1) is 10.6 Å². The van der Waals surface area contributed by atoms with Crippen LogP contribution in [0.2, 0.25) is 5.02 Å². The Morgan fingerprint density at radius 2 is 2.16 bits per heavy atom. The number of aromatic carboxylic acids is 1. The minimum atomic E-state index is -1.01. The Bertz CT molecular complexity index is 616. The number of aryl methyl sites for hydroxylation is 1. The van der Waals surface area contributed by atoms with Gasteiger partial charge >= 0.3 is 5.97 Å². The van der Waals surface area contributed by atoms with Crippen molar-refractivity contribution in [2.75, 3.05) is 0 Å². The highest BCUT2D eigenvalue weighted by Crippen LogP contribution is 2.27. The Hall–Kier alpha value is -1.52. The minimum Gasteiger partial charge on any atom is -0.478 e. The Balaban J connectivity index is 2.12. The molecule has 0 aliphatic rings. The number of rotatable bonds is 4. The first-order chi connectivity index (χ1) is 9.06. The maximum atomic E-state index is 11.0. The molecule has 1 heterocycles. The maximum absolute atomic E-state index is 11.0. The van der Waals surface area contributed by atoms with Crippen LogP contribution in [0.5, 0.6) is 0 Å². The van der Waals surface area contributed by atoms with Crippen molar-refractivity contribution in [2.45, 2.75) is 17.6 Å². The zero-order valence-electron chi connectivity index (χ0n) is 10.3. The summed E-state index contributed by atoms with van der Waals surface area (Å²) < 4.78 is 0. The van der Waals surface area contributed by atoms with E-state index in [1.807, 2.05) is 19.2 Å². The van der Waals surface area contributed by atoms with Crippen molar-refractivity contribution in [3.63, 3.8) is 0 Å². The average molecular weight is 294 g/mol. The molecule has 2 aromatic rings. The summed E-state index contributed by atoms with van der Waals surface area (Å²) in [5, 5.41) is 9.27. The number of carbonyl (C=O) groups is 1. The first kappa shape index (κ1) is 13.9. The third-order valence-corrected chi connectivity index (χ3v) is 3.90. The predicted octanol–water partition coefficient (Wildman–Crippen LogP) is 4.03. The average Bonchev–Trinajstić information content (AvgIpc) is 2.37. The number of aromatic nitrogens is 1. The lowest BCUT2D eigenvalue weighted by atomic mass is 10.2. The predicted molar refractivity (Wildman–Crippen MR) is 76.9 cm³/mol. The van der Waals surface area contributed by atoms with Crippen LogP contribution in [0.1, 0.15) is 21.5 Å². The van der Waals surface area contributed by atoms with Crippen molar-refractivity contribution in [3.05, 3.63) is 58.4 Å². The normalized spacial score (nSPS) is 10.4. The Kier molecular flexibility index (Phi) is 4.45. The first-order valence-corrected chi connectivity index (χ1v) is 6.99. The molecule has 0 spiro atoms. The molecular weight excluding hydrogens is 282 g/mol. The second-order valence-electron chi connectivity index (χ2n) is 4.11. The molecule has 0 saturated heterocycles. The van der Waals surface area contributed by atoms with Crippen molar-refractivity contribution < 1.29 is 9.90 Å². The molecule has 0 fully saturated rings. The highest BCUT2D eigenvalue weighted by Gasteiger charge is 2.09. The van der Waals surface area contributed by atoms with E-state index in [0.29, 0.717) is 0 Å². The Morgan fingerprint density at radius 3 is 2.84 bits per heavy atom. The van der Waals surface area contributed by atoms with E-state index in [4.69, 9.17) is 16.7 Å². The largest absolute Gasteiger partial charge is 0.478 e. The van der Waals surface area contributed by atoms with Crippen LogP contribution in [0.15, 0.2) is 41.6 Å². The molecule has 1 aromatic carbocycles. The lowest BCUT2D eigenvalue weighted by Gasteiger charge is -2.05. The number of halogens is 1. The van der Waals surface area contributed by atoms with Gasteiger partial charge in [-0.3, -0.25) is 4.98 Å². The van der Waals surface area contributed by atoms with Crippen LogP contribution in [-0.4, -0.2) is 16.1 Å². The number of hydrogen-bond donors (Lipinski definition) is 1. The molecule has 3 nitrogen and oxygen atoms in total. The minimum absolute atomic E-state index is 0.133. The SMILES string of the molecule is Cc1cncc(CSc2ccc(Cl)c(C(=O)O)c2)c1. The third kappa shape index (κ3) is 3.72. The van der Waals surface area contributed by atoms with E-state index in [9.17, 15) is 4.79 Å². The van der Waals surface area contributed by atoms with E-state index in [-0.39, 0.29) is 10.6 Å². The summed E-state index contributed by atoms with van der Waals surface area (Å²) in [6.07, 6.45) is 3.62. The van der Waals surface area contributed by atoms with Gasteiger partial charge in [0.2, 0.25) is 0 Å². The Morgan fingerprint density at radius 1 is 1.37 bits per heavy atom. The van der Waals surface area contributed by atoms with Crippen LogP contribution < -0.4 is 0 Å². The molecule has 0 saturated carbocycles. The van der Waals surface area contributed by atoms with Gasteiger partial charge in [-0.2, -0.15) is 0 Å². The van der Waals surface area contributed by atoms with E-state index in [1.165, 1.54) is 0 Å². The highest BCUT2D eigenvalue weighted by atomic mass is 35.5. The van der Waals surface area contributed by atoms with Crippen LogP contribution in [0, 0.1) is 6.92 Å². The number of benzene rings is 1. The second kappa shape index (κ2) is 6.08. The van der Waals surface area contributed by atoms with E-state index < -0.39 is 5.97 Å². The van der Waals surface area contributed by atoms with Crippen LogP contribution in [0.25, 0.3) is 0 Å². The van der Waals surface area contributed by atoms with Gasteiger partial charge in [-0.05, 0) is 36.2 Å². The number of carboxylic acid groups (broad SMARTS) is 1. The van der Waals surface area contributed by atoms with E-state index in [1.54, 1.807) is 30.1 Å². The van der Waals surface area contributed by atoms with Crippen molar-refractivity contribution in [3.8, 4) is 0 Å². The lowest BCUT2D eigenvalue weighted by Crippen LogP contribution is -1.97. The van der Waals surface area contributed by atoms with Gasteiger partial charge in [-0.25, -0.2) is 4.79 Å². The monoisotopic (exact) mass is 293 g/mol. The number of carboxylic acids is 1. The number of pyridine rings is 1. The van der Waals surface area contributed by atoms with Crippen molar-refractivity contribution in [2.24, 2.45) is 0 Å². The van der Waals surface area contributed by atoms with E-state index in [2.05, 4.69) is 11.1 Å². The van der Waals surface area contributed by atoms with Crippen LogP contribution in [-0.2, 0) is 5.75 Å². The topological polar surface area (TPSA) is 50.2 Å². The summed E-state index contributed by atoms with van der Waals surface area (Å²) in [7, 11) is 0. The fraction of sp³-hybridized carbons (Fsp3) is 0.143. The smallest absolute Gasteiger partial charge is 0.337 e. The van der Waals surface area contributed by atoms with Gasteiger partial charge in [-0.1, -0.05) is 17.7 Å². The molecule has 1 aromatic heterocycles. The van der Waals surface area contributed by atoms with Crippen molar-refractivity contribution in [1.29, 1.82) is 0 Å². The maximum Gasteiger partial charge on any atom is 0.337 e. The summed E-state index contributed by atoms with van der Waals surface area (Å²) in [5.74, 6) is -0.264. The van der Waals surface area contributed by atoms with E-state index >= 15 is 0 Å². The molecular formula is C14H12ClNO2S. The van der Waals surface area contributed by atoms with Crippen LogP contribution >= 0.6 is 23.4 Å². The zero-order chi connectivity index (χ0) is 13.8. The molecule has 0 atom stereocenters. The summed E-state index contributed by atoms with van der Waals surface area (Å²) in [6, 6.07) is 7.09. The zero-order valence-corrected chi connectivity index (χ0v) is 11.8. The fourth-order valence-corrected chi connectivity index (χ4v) is 2.68. The number of nitrogens with zero attached hydrogens (tertiary/aromatic N) is 1. The molecule has 0 unspecified atom stereocenters. The van der Waals surface area contributed by atoms with Gasteiger partial charge in [-0.15, -0.1) is 11.8 Å². The standard InChI is InChI=1S/C14H12ClNO2S/c1-9-4-10(7-16-6-9)8-19-11-2-3-13(15)12(5-11)14(17)18/h2-7H,8H2,1H3,(H,17,18). The molecule has 0 aliphatic heterocycles. The molecule has 98 valence electrons.